The van der Waals surface area contributed by atoms with Gasteiger partial charge in [-0.25, -0.2) is 4.68 Å². The molecule has 0 bridgehead atoms. The van der Waals surface area contributed by atoms with Gasteiger partial charge in [-0.1, -0.05) is 0 Å². The highest BCUT2D eigenvalue weighted by Gasteiger charge is 2.20. The maximum Gasteiger partial charge on any atom is 0.333 e. The molecular weight excluding hydrogens is 172 g/mol. The van der Waals surface area contributed by atoms with Gasteiger partial charge in [0.05, 0.1) is 4.92 Å². The Morgan fingerprint density at radius 1 is 1.75 bits per heavy atom. The minimum Gasteiger partial charge on any atom is -0.258 e. The van der Waals surface area contributed by atoms with Gasteiger partial charge in [-0.2, -0.15) is 13.9 Å². The second kappa shape index (κ2) is 2.84. The van der Waals surface area contributed by atoms with Gasteiger partial charge >= 0.3 is 12.2 Å². The lowest BCUT2D eigenvalue weighted by Crippen LogP contribution is -2.02. The first-order chi connectivity index (χ1) is 5.54. The Hall–Kier alpha value is -1.53. The molecule has 0 saturated carbocycles. The van der Waals surface area contributed by atoms with E-state index in [0.717, 1.165) is 6.20 Å². The third kappa shape index (κ3) is 1.25. The number of alkyl halides is 2. The number of hydrogen-bond donors (Lipinski definition) is 0. The summed E-state index contributed by atoms with van der Waals surface area (Å²) >= 11 is 0. The Morgan fingerprint density at radius 3 is 2.58 bits per heavy atom. The zero-order chi connectivity index (χ0) is 9.30. The van der Waals surface area contributed by atoms with Crippen LogP contribution in [0.25, 0.3) is 0 Å². The summed E-state index contributed by atoms with van der Waals surface area (Å²) in [6.45, 7) is -1.62. The lowest BCUT2D eigenvalue weighted by atomic mass is 10.4. The lowest BCUT2D eigenvalue weighted by molar-refractivity contribution is -0.385. The molecule has 0 aliphatic carbocycles. The van der Waals surface area contributed by atoms with Gasteiger partial charge in [0.15, 0.2) is 0 Å². The molecule has 0 aromatic carbocycles. The van der Waals surface area contributed by atoms with Crippen LogP contribution in [0.1, 0.15) is 12.2 Å². The fourth-order valence-electron chi connectivity index (χ4n) is 0.790. The molecule has 1 aromatic heterocycles. The van der Waals surface area contributed by atoms with Crippen LogP contribution in [0, 0.1) is 17.0 Å². The summed E-state index contributed by atoms with van der Waals surface area (Å²) in [6, 6.07) is 0. The molecule has 0 unspecified atom stereocenters. The van der Waals surface area contributed by atoms with Crippen molar-refractivity contribution in [2.24, 2.45) is 0 Å². The number of halogens is 2. The fourth-order valence-corrected chi connectivity index (χ4v) is 0.790. The van der Waals surface area contributed by atoms with Gasteiger partial charge < -0.3 is 0 Å². The molecule has 66 valence electrons. The van der Waals surface area contributed by atoms with E-state index in [1.165, 1.54) is 6.92 Å². The van der Waals surface area contributed by atoms with Crippen molar-refractivity contribution < 1.29 is 13.7 Å². The molecule has 0 atom stereocenters. The van der Waals surface area contributed by atoms with Gasteiger partial charge in [0.2, 0.25) is 0 Å². The monoisotopic (exact) mass is 177 g/mol. The van der Waals surface area contributed by atoms with Crippen LogP contribution in [0.15, 0.2) is 6.20 Å². The summed E-state index contributed by atoms with van der Waals surface area (Å²) in [6.07, 6.45) is 0.807. The summed E-state index contributed by atoms with van der Waals surface area (Å²) in [4.78, 5) is 9.42. The molecule has 0 saturated heterocycles. The molecule has 0 amide bonds. The van der Waals surface area contributed by atoms with Crippen LogP contribution < -0.4 is 0 Å². The molecule has 1 heterocycles. The Labute approximate surface area is 65.8 Å². The molecule has 1 aromatic rings. The Bertz CT molecular complexity index is 310. The molecule has 0 N–H and O–H groups in total. The van der Waals surface area contributed by atoms with E-state index >= 15 is 0 Å². The normalized spacial score (nSPS) is 10.7. The van der Waals surface area contributed by atoms with E-state index in [9.17, 15) is 18.9 Å². The van der Waals surface area contributed by atoms with Crippen molar-refractivity contribution in [3.05, 3.63) is 22.0 Å². The van der Waals surface area contributed by atoms with E-state index < -0.39 is 17.2 Å². The molecule has 1 rings (SSSR count). The Kier molecular flexibility index (Phi) is 2.03. The van der Waals surface area contributed by atoms with Crippen molar-refractivity contribution in [3.8, 4) is 0 Å². The van der Waals surface area contributed by atoms with E-state index in [0.29, 0.717) is 4.68 Å². The van der Waals surface area contributed by atoms with Crippen molar-refractivity contribution in [2.75, 3.05) is 0 Å². The van der Waals surface area contributed by atoms with Crippen molar-refractivity contribution in [1.29, 1.82) is 0 Å². The van der Waals surface area contributed by atoms with Crippen LogP contribution in [-0.2, 0) is 0 Å². The van der Waals surface area contributed by atoms with Crippen molar-refractivity contribution in [2.45, 2.75) is 13.5 Å². The van der Waals surface area contributed by atoms with Gasteiger partial charge in [-0.3, -0.25) is 10.1 Å². The minimum atomic E-state index is -2.83. The van der Waals surface area contributed by atoms with Crippen molar-refractivity contribution in [1.82, 2.24) is 9.78 Å². The van der Waals surface area contributed by atoms with Gasteiger partial charge in [-0.15, -0.1) is 0 Å². The first-order valence-corrected chi connectivity index (χ1v) is 3.00. The average Bonchev–Trinajstić information content (AvgIpc) is 2.30. The lowest BCUT2D eigenvalue weighted by Gasteiger charge is -1.98. The highest BCUT2D eigenvalue weighted by molar-refractivity contribution is 5.31. The van der Waals surface area contributed by atoms with E-state index in [-0.39, 0.29) is 5.69 Å². The van der Waals surface area contributed by atoms with Crippen LogP contribution in [-0.4, -0.2) is 14.7 Å². The fraction of sp³-hybridized carbons (Fsp3) is 0.400. The van der Waals surface area contributed by atoms with Crippen LogP contribution in [0.5, 0.6) is 0 Å². The van der Waals surface area contributed by atoms with E-state index in [2.05, 4.69) is 5.10 Å². The van der Waals surface area contributed by atoms with E-state index in [1.807, 2.05) is 0 Å². The summed E-state index contributed by atoms with van der Waals surface area (Å²) < 4.78 is 24.3. The highest BCUT2D eigenvalue weighted by Crippen LogP contribution is 2.20. The summed E-state index contributed by atoms with van der Waals surface area (Å²) in [7, 11) is 0. The smallest absolute Gasteiger partial charge is 0.258 e. The minimum absolute atomic E-state index is 0.144. The largest absolute Gasteiger partial charge is 0.333 e. The van der Waals surface area contributed by atoms with Crippen molar-refractivity contribution in [3.63, 3.8) is 0 Å². The maximum absolute atomic E-state index is 12.0. The van der Waals surface area contributed by atoms with E-state index in [4.69, 9.17) is 0 Å². The Morgan fingerprint density at radius 2 is 2.33 bits per heavy atom. The first-order valence-electron chi connectivity index (χ1n) is 3.00. The van der Waals surface area contributed by atoms with Crippen LogP contribution in [0.3, 0.4) is 0 Å². The Balaban J connectivity index is 3.13. The van der Waals surface area contributed by atoms with E-state index in [1.54, 1.807) is 0 Å². The number of aromatic nitrogens is 2. The van der Waals surface area contributed by atoms with Crippen molar-refractivity contribution >= 4 is 5.69 Å². The zero-order valence-electron chi connectivity index (χ0n) is 6.07. The molecule has 12 heavy (non-hydrogen) atoms. The summed E-state index contributed by atoms with van der Waals surface area (Å²) in [5.74, 6) is 0. The second-order valence-corrected chi connectivity index (χ2v) is 2.09. The second-order valence-electron chi connectivity index (χ2n) is 2.09. The predicted octanol–water partition coefficient (Wildman–Crippen LogP) is 1.49. The number of rotatable bonds is 2. The zero-order valence-corrected chi connectivity index (χ0v) is 6.07. The summed E-state index contributed by atoms with van der Waals surface area (Å²) in [5.41, 5.74) is -0.537. The maximum atomic E-state index is 12.0. The van der Waals surface area contributed by atoms with Gasteiger partial charge in [-0.05, 0) is 6.92 Å². The molecule has 0 aliphatic rings. The van der Waals surface area contributed by atoms with Gasteiger partial charge in [0, 0.05) is 0 Å². The molecule has 5 nitrogen and oxygen atoms in total. The number of hydrogen-bond acceptors (Lipinski definition) is 3. The highest BCUT2D eigenvalue weighted by atomic mass is 19.3. The number of nitro groups is 1. The van der Waals surface area contributed by atoms with Gasteiger partial charge in [0.25, 0.3) is 0 Å². The molecule has 0 radical (unpaired) electrons. The molecule has 7 heteroatoms. The first kappa shape index (κ1) is 8.57. The third-order valence-electron chi connectivity index (χ3n) is 1.40. The third-order valence-corrected chi connectivity index (χ3v) is 1.40. The van der Waals surface area contributed by atoms with Gasteiger partial charge in [0.1, 0.15) is 11.9 Å². The van der Waals surface area contributed by atoms with Crippen LogP contribution >= 0.6 is 0 Å². The molecule has 0 fully saturated rings. The molecular formula is C5H5F2N3O2. The standard InChI is InChI=1S/C5H5F2N3O2/c1-3-4(10(11)12)2-8-9(3)5(6)7/h2,5H,1H3. The average molecular weight is 177 g/mol. The quantitative estimate of drug-likeness (QED) is 0.507. The number of nitrogens with zero attached hydrogens (tertiary/aromatic N) is 3. The summed E-state index contributed by atoms with van der Waals surface area (Å²) in [5, 5.41) is 13.3. The van der Waals surface area contributed by atoms with Crippen LogP contribution in [0.2, 0.25) is 0 Å². The molecule has 0 aliphatic heterocycles. The predicted molar refractivity (Wildman–Crippen MR) is 34.9 cm³/mol. The SMILES string of the molecule is Cc1c([N+](=O)[O-])cnn1C(F)F. The van der Waals surface area contributed by atoms with Crippen LogP contribution in [0.4, 0.5) is 14.5 Å². The topological polar surface area (TPSA) is 61.0 Å². The molecule has 0 spiro atoms.